The van der Waals surface area contributed by atoms with Gasteiger partial charge in [0.15, 0.2) is 10.8 Å². The second kappa shape index (κ2) is 5.19. The number of Topliss-reactive ketones (excluding diaryl/α,β-unsaturated/α-hetero) is 1. The van der Waals surface area contributed by atoms with Crippen molar-refractivity contribution in [2.24, 2.45) is 0 Å². The molecule has 0 aliphatic heterocycles. The van der Waals surface area contributed by atoms with Gasteiger partial charge in [0, 0.05) is 13.3 Å². The first-order valence-corrected chi connectivity index (χ1v) is 6.35. The summed E-state index contributed by atoms with van der Waals surface area (Å²) in [6.07, 6.45) is 1.78. The van der Waals surface area contributed by atoms with Gasteiger partial charge >= 0.3 is 0 Å². The van der Waals surface area contributed by atoms with Crippen LogP contribution in [0.5, 0.6) is 0 Å². The largest absolute Gasteiger partial charge is 0.292 e. The van der Waals surface area contributed by atoms with Crippen molar-refractivity contribution in [3.05, 3.63) is 45.4 Å². The van der Waals surface area contributed by atoms with E-state index in [9.17, 15) is 4.79 Å². The molecular weight excluding hydrogens is 232 g/mol. The molecule has 0 saturated carbocycles. The van der Waals surface area contributed by atoms with Gasteiger partial charge in [-0.3, -0.25) is 4.79 Å². The Labute approximate surface area is 105 Å². The van der Waals surface area contributed by atoms with Gasteiger partial charge in [0.05, 0.1) is 0 Å². The normalized spacial score (nSPS) is 10.5. The highest BCUT2D eigenvalue weighted by atomic mass is 32.1. The molecule has 0 spiro atoms. The van der Waals surface area contributed by atoms with Crippen molar-refractivity contribution in [3.63, 3.8) is 0 Å². The molecule has 17 heavy (non-hydrogen) atoms. The molecule has 2 aromatic rings. The Morgan fingerprint density at radius 1 is 1.18 bits per heavy atom. The van der Waals surface area contributed by atoms with Crippen LogP contribution >= 0.6 is 11.3 Å². The van der Waals surface area contributed by atoms with Gasteiger partial charge < -0.3 is 0 Å². The lowest BCUT2D eigenvalue weighted by atomic mass is 10.1. The van der Waals surface area contributed by atoms with Gasteiger partial charge in [-0.15, -0.1) is 10.2 Å². The molecule has 0 N–H and O–H groups in total. The van der Waals surface area contributed by atoms with Crippen LogP contribution in [0.15, 0.2) is 24.3 Å². The van der Waals surface area contributed by atoms with Crippen LogP contribution in [0.25, 0.3) is 0 Å². The van der Waals surface area contributed by atoms with Crippen molar-refractivity contribution in [1.82, 2.24) is 10.2 Å². The second-order valence-electron chi connectivity index (χ2n) is 4.04. The van der Waals surface area contributed by atoms with E-state index in [1.54, 1.807) is 0 Å². The summed E-state index contributed by atoms with van der Waals surface area (Å²) in [5, 5.41) is 9.31. The fourth-order valence-electron chi connectivity index (χ4n) is 1.50. The van der Waals surface area contributed by atoms with Crippen LogP contribution in [-0.2, 0) is 12.8 Å². The Bertz CT molecular complexity index is 516. The third-order valence-electron chi connectivity index (χ3n) is 2.52. The molecule has 0 bridgehead atoms. The van der Waals surface area contributed by atoms with E-state index >= 15 is 0 Å². The van der Waals surface area contributed by atoms with E-state index in [-0.39, 0.29) is 5.78 Å². The van der Waals surface area contributed by atoms with Crippen molar-refractivity contribution >= 4 is 17.1 Å². The number of aromatic nitrogens is 2. The molecule has 3 nitrogen and oxygen atoms in total. The summed E-state index contributed by atoms with van der Waals surface area (Å²) in [7, 11) is 0. The average molecular weight is 246 g/mol. The topological polar surface area (TPSA) is 42.9 Å². The molecule has 0 atom stereocenters. The first-order valence-electron chi connectivity index (χ1n) is 5.54. The monoisotopic (exact) mass is 246 g/mol. The zero-order valence-corrected chi connectivity index (χ0v) is 10.8. The Hall–Kier alpha value is -1.55. The summed E-state index contributed by atoms with van der Waals surface area (Å²) >= 11 is 1.39. The molecule has 2 rings (SSSR count). The van der Waals surface area contributed by atoms with E-state index in [2.05, 4.69) is 41.4 Å². The molecule has 0 unspecified atom stereocenters. The predicted molar refractivity (Wildman–Crippen MR) is 68.5 cm³/mol. The van der Waals surface area contributed by atoms with Crippen LogP contribution in [0.3, 0.4) is 0 Å². The lowest BCUT2D eigenvalue weighted by Crippen LogP contribution is -1.90. The minimum absolute atomic E-state index is 0.0101. The molecule has 88 valence electrons. The minimum atomic E-state index is -0.0101. The first-order chi connectivity index (χ1) is 8.15. The molecule has 0 amide bonds. The van der Waals surface area contributed by atoms with E-state index in [0.29, 0.717) is 5.01 Å². The molecule has 0 aliphatic carbocycles. The zero-order valence-electron chi connectivity index (χ0n) is 9.93. The molecule has 0 saturated heterocycles. The van der Waals surface area contributed by atoms with E-state index < -0.39 is 0 Å². The Kier molecular flexibility index (Phi) is 3.64. The van der Waals surface area contributed by atoms with Crippen LogP contribution in [0.4, 0.5) is 0 Å². The van der Waals surface area contributed by atoms with Crippen LogP contribution in [0, 0.1) is 6.92 Å². The highest BCUT2D eigenvalue weighted by Crippen LogP contribution is 2.13. The van der Waals surface area contributed by atoms with Crippen molar-refractivity contribution in [3.8, 4) is 0 Å². The van der Waals surface area contributed by atoms with Gasteiger partial charge in [-0.05, 0) is 18.9 Å². The van der Waals surface area contributed by atoms with E-state index in [1.165, 1.54) is 29.4 Å². The number of carbonyl (C=O) groups excluding carboxylic acids is 1. The van der Waals surface area contributed by atoms with Gasteiger partial charge in [-0.2, -0.15) is 0 Å². The fourth-order valence-corrected chi connectivity index (χ4v) is 2.24. The van der Waals surface area contributed by atoms with E-state index in [1.807, 2.05) is 0 Å². The maximum absolute atomic E-state index is 11.1. The van der Waals surface area contributed by atoms with E-state index in [0.717, 1.165) is 17.8 Å². The smallest absolute Gasteiger partial charge is 0.190 e. The standard InChI is InChI=1S/C13H14N2OS/c1-9-3-5-11(6-4-9)7-8-12-14-15-13(17-12)10(2)16/h3-6H,7-8H2,1-2H3. The van der Waals surface area contributed by atoms with Crippen LogP contribution in [-0.4, -0.2) is 16.0 Å². The summed E-state index contributed by atoms with van der Waals surface area (Å²) in [6, 6.07) is 8.47. The summed E-state index contributed by atoms with van der Waals surface area (Å²) in [5.41, 5.74) is 2.55. The zero-order chi connectivity index (χ0) is 12.3. The summed E-state index contributed by atoms with van der Waals surface area (Å²) in [5.74, 6) is -0.0101. The molecule has 0 radical (unpaired) electrons. The Morgan fingerprint density at radius 3 is 2.47 bits per heavy atom. The number of carbonyl (C=O) groups is 1. The second-order valence-corrected chi connectivity index (χ2v) is 5.10. The van der Waals surface area contributed by atoms with E-state index in [4.69, 9.17) is 0 Å². The van der Waals surface area contributed by atoms with Gasteiger partial charge in [0.2, 0.25) is 0 Å². The summed E-state index contributed by atoms with van der Waals surface area (Å²) in [4.78, 5) is 11.1. The SMILES string of the molecule is CC(=O)c1nnc(CCc2ccc(C)cc2)s1. The highest BCUT2D eigenvalue weighted by molar-refractivity contribution is 7.13. The average Bonchev–Trinajstić information content (AvgIpc) is 2.77. The minimum Gasteiger partial charge on any atom is -0.292 e. The molecule has 1 heterocycles. The number of aryl methyl sites for hydroxylation is 3. The first kappa shape index (κ1) is 11.9. The third kappa shape index (κ3) is 3.20. The number of nitrogens with zero attached hydrogens (tertiary/aromatic N) is 2. The summed E-state index contributed by atoms with van der Waals surface area (Å²) in [6.45, 7) is 3.60. The number of hydrogen-bond acceptors (Lipinski definition) is 4. The maximum Gasteiger partial charge on any atom is 0.190 e. The van der Waals surface area contributed by atoms with Gasteiger partial charge in [-0.25, -0.2) is 0 Å². The number of hydrogen-bond donors (Lipinski definition) is 0. The van der Waals surface area contributed by atoms with Crippen molar-refractivity contribution in [2.75, 3.05) is 0 Å². The van der Waals surface area contributed by atoms with Crippen molar-refractivity contribution in [1.29, 1.82) is 0 Å². The van der Waals surface area contributed by atoms with Crippen LogP contribution in [0.1, 0.15) is 32.9 Å². The Morgan fingerprint density at radius 2 is 1.88 bits per heavy atom. The number of benzene rings is 1. The van der Waals surface area contributed by atoms with Crippen LogP contribution in [0.2, 0.25) is 0 Å². The van der Waals surface area contributed by atoms with Gasteiger partial charge in [0.25, 0.3) is 0 Å². The molecule has 0 aliphatic rings. The van der Waals surface area contributed by atoms with Gasteiger partial charge in [0.1, 0.15) is 5.01 Å². The van der Waals surface area contributed by atoms with Crippen LogP contribution < -0.4 is 0 Å². The lowest BCUT2D eigenvalue weighted by molar-refractivity contribution is 0.101. The van der Waals surface area contributed by atoms with Crippen molar-refractivity contribution < 1.29 is 4.79 Å². The molecule has 1 aromatic heterocycles. The quantitative estimate of drug-likeness (QED) is 0.779. The number of ketones is 1. The number of rotatable bonds is 4. The lowest BCUT2D eigenvalue weighted by Gasteiger charge is -1.99. The molecule has 1 aromatic carbocycles. The van der Waals surface area contributed by atoms with Crippen molar-refractivity contribution in [2.45, 2.75) is 26.7 Å². The third-order valence-corrected chi connectivity index (χ3v) is 3.60. The maximum atomic E-state index is 11.1. The summed E-state index contributed by atoms with van der Waals surface area (Å²) < 4.78 is 0. The highest BCUT2D eigenvalue weighted by Gasteiger charge is 2.07. The molecular formula is C13H14N2OS. The fraction of sp³-hybridized carbons (Fsp3) is 0.308. The predicted octanol–water partition coefficient (Wildman–Crippen LogP) is 2.83. The van der Waals surface area contributed by atoms with Gasteiger partial charge in [-0.1, -0.05) is 41.2 Å². The molecule has 4 heteroatoms. The molecule has 0 fully saturated rings. The Balaban J connectivity index is 1.97.